The number of sulfone groups is 1. The molecule has 1 aromatic heterocycles. The monoisotopic (exact) mass is 284 g/mol. The third-order valence-electron chi connectivity index (χ3n) is 3.13. The number of aromatic nitrogens is 1. The average Bonchev–Trinajstić information content (AvgIpc) is 2.29. The van der Waals surface area contributed by atoms with Crippen molar-refractivity contribution in [3.8, 4) is 0 Å². The summed E-state index contributed by atoms with van der Waals surface area (Å²) in [5, 5.41) is 8.90. The van der Waals surface area contributed by atoms with Gasteiger partial charge in [0.25, 0.3) is 0 Å². The summed E-state index contributed by atoms with van der Waals surface area (Å²) in [7, 11) is -3.16. The first-order chi connectivity index (χ1) is 8.87. The highest BCUT2D eigenvalue weighted by atomic mass is 32.2. The van der Waals surface area contributed by atoms with E-state index in [9.17, 15) is 13.2 Å². The molecular formula is C12H16N2O4S. The number of hydrogen-bond donors (Lipinski definition) is 1. The average molecular weight is 284 g/mol. The zero-order valence-corrected chi connectivity index (χ0v) is 11.4. The summed E-state index contributed by atoms with van der Waals surface area (Å²) in [5.74, 6) is -0.459. The topological polar surface area (TPSA) is 87.6 Å². The maximum Gasteiger partial charge on any atom is 0.305 e. The predicted octanol–water partition coefficient (Wildman–Crippen LogP) is 0.468. The molecule has 0 amide bonds. The molecule has 1 aliphatic heterocycles. The Balaban J connectivity index is 2.26. The van der Waals surface area contributed by atoms with Crippen molar-refractivity contribution in [2.75, 3.05) is 23.0 Å². The third-order valence-corrected chi connectivity index (χ3v) is 4.83. The lowest BCUT2D eigenvalue weighted by Crippen LogP contribution is -2.49. The van der Waals surface area contributed by atoms with Crippen molar-refractivity contribution in [1.29, 1.82) is 0 Å². The highest BCUT2D eigenvalue weighted by molar-refractivity contribution is 7.91. The van der Waals surface area contributed by atoms with Gasteiger partial charge >= 0.3 is 5.97 Å². The second-order valence-electron chi connectivity index (χ2n) is 4.75. The Morgan fingerprint density at radius 3 is 2.84 bits per heavy atom. The summed E-state index contributed by atoms with van der Waals surface area (Å²) >= 11 is 0. The second-order valence-corrected chi connectivity index (χ2v) is 6.98. The fraction of sp³-hybridized carbons (Fsp3) is 0.500. The molecule has 0 spiro atoms. The standard InChI is InChI=1S/C12H16N2O4S/c1-9-2-3-11(13-7-9)14-4-5-19(17,18)8-10(14)6-12(15)16/h2-3,7,10H,4-6,8H2,1H3,(H,15,16). The highest BCUT2D eigenvalue weighted by Crippen LogP contribution is 2.21. The Hall–Kier alpha value is -1.63. The van der Waals surface area contributed by atoms with Gasteiger partial charge in [0.1, 0.15) is 5.82 Å². The number of pyridine rings is 1. The summed E-state index contributed by atoms with van der Waals surface area (Å²) in [6, 6.07) is 3.12. The van der Waals surface area contributed by atoms with E-state index < -0.39 is 21.8 Å². The van der Waals surface area contributed by atoms with E-state index in [4.69, 9.17) is 5.11 Å². The molecule has 7 heteroatoms. The summed E-state index contributed by atoms with van der Waals surface area (Å²) in [4.78, 5) is 16.9. The van der Waals surface area contributed by atoms with E-state index in [2.05, 4.69) is 4.98 Å². The molecule has 2 rings (SSSR count). The molecule has 2 heterocycles. The van der Waals surface area contributed by atoms with Crippen LogP contribution in [0.2, 0.25) is 0 Å². The molecule has 19 heavy (non-hydrogen) atoms. The summed E-state index contributed by atoms with van der Waals surface area (Å²) in [6.45, 7) is 2.20. The molecular weight excluding hydrogens is 268 g/mol. The number of carboxylic acids is 1. The molecule has 104 valence electrons. The van der Waals surface area contributed by atoms with Crippen LogP contribution in [0.15, 0.2) is 18.3 Å². The van der Waals surface area contributed by atoms with Crippen LogP contribution in [0.3, 0.4) is 0 Å². The number of aryl methyl sites for hydroxylation is 1. The molecule has 1 aromatic rings. The van der Waals surface area contributed by atoms with Gasteiger partial charge in [-0.25, -0.2) is 13.4 Å². The highest BCUT2D eigenvalue weighted by Gasteiger charge is 2.33. The van der Waals surface area contributed by atoms with Gasteiger partial charge in [-0.2, -0.15) is 0 Å². The molecule has 1 unspecified atom stereocenters. The lowest BCUT2D eigenvalue weighted by Gasteiger charge is -2.35. The van der Waals surface area contributed by atoms with E-state index in [-0.39, 0.29) is 24.5 Å². The van der Waals surface area contributed by atoms with Crippen LogP contribution in [0, 0.1) is 6.92 Å². The second kappa shape index (κ2) is 5.16. The van der Waals surface area contributed by atoms with Crippen LogP contribution in [0.25, 0.3) is 0 Å². The molecule has 6 nitrogen and oxygen atoms in total. The van der Waals surface area contributed by atoms with E-state index in [1.165, 1.54) is 0 Å². The number of anilines is 1. The SMILES string of the molecule is Cc1ccc(N2CCS(=O)(=O)CC2CC(=O)O)nc1. The Bertz CT molecular complexity index is 568. The predicted molar refractivity (Wildman–Crippen MR) is 71.0 cm³/mol. The van der Waals surface area contributed by atoms with Crippen molar-refractivity contribution in [3.63, 3.8) is 0 Å². The Labute approximate surface area is 112 Å². The van der Waals surface area contributed by atoms with Gasteiger partial charge in [-0.1, -0.05) is 6.07 Å². The van der Waals surface area contributed by atoms with Gasteiger partial charge in [-0.3, -0.25) is 4.79 Å². The minimum Gasteiger partial charge on any atom is -0.481 e. The molecule has 1 N–H and O–H groups in total. The van der Waals surface area contributed by atoms with Crippen LogP contribution >= 0.6 is 0 Å². The zero-order valence-electron chi connectivity index (χ0n) is 10.6. The minimum absolute atomic E-state index is 0.0404. The van der Waals surface area contributed by atoms with Gasteiger partial charge in [-0.05, 0) is 18.6 Å². The first-order valence-electron chi connectivity index (χ1n) is 5.99. The van der Waals surface area contributed by atoms with Gasteiger partial charge in [0.05, 0.1) is 24.0 Å². The van der Waals surface area contributed by atoms with Crippen molar-refractivity contribution in [1.82, 2.24) is 4.98 Å². The van der Waals surface area contributed by atoms with Gasteiger partial charge in [0.15, 0.2) is 9.84 Å². The number of carboxylic acid groups (broad SMARTS) is 1. The zero-order chi connectivity index (χ0) is 14.0. The van der Waals surface area contributed by atoms with Crippen molar-refractivity contribution < 1.29 is 18.3 Å². The number of rotatable bonds is 3. The Morgan fingerprint density at radius 2 is 2.26 bits per heavy atom. The van der Waals surface area contributed by atoms with E-state index in [1.54, 1.807) is 17.2 Å². The molecule has 0 saturated carbocycles. The van der Waals surface area contributed by atoms with Crippen LogP contribution in [0.1, 0.15) is 12.0 Å². The van der Waals surface area contributed by atoms with Gasteiger partial charge < -0.3 is 10.0 Å². The van der Waals surface area contributed by atoms with E-state index in [0.717, 1.165) is 5.56 Å². The smallest absolute Gasteiger partial charge is 0.305 e. The number of nitrogens with zero attached hydrogens (tertiary/aromatic N) is 2. The van der Waals surface area contributed by atoms with Crippen LogP contribution in [-0.2, 0) is 14.6 Å². The maximum absolute atomic E-state index is 11.6. The summed E-state index contributed by atoms with van der Waals surface area (Å²) < 4.78 is 23.3. The summed E-state index contributed by atoms with van der Waals surface area (Å²) in [5.41, 5.74) is 1.00. The van der Waals surface area contributed by atoms with Crippen LogP contribution in [0.4, 0.5) is 5.82 Å². The molecule has 1 atom stereocenters. The summed E-state index contributed by atoms with van der Waals surface area (Å²) in [6.07, 6.45) is 1.49. The number of carbonyl (C=O) groups is 1. The van der Waals surface area contributed by atoms with Crippen LogP contribution in [-0.4, -0.2) is 48.6 Å². The van der Waals surface area contributed by atoms with Crippen molar-refractivity contribution in [3.05, 3.63) is 23.9 Å². The Kier molecular flexibility index (Phi) is 3.75. The molecule has 1 aliphatic rings. The molecule has 0 bridgehead atoms. The molecule has 0 aliphatic carbocycles. The lowest BCUT2D eigenvalue weighted by molar-refractivity contribution is -0.137. The fourth-order valence-electron chi connectivity index (χ4n) is 2.19. The van der Waals surface area contributed by atoms with Gasteiger partial charge in [0, 0.05) is 12.7 Å². The number of aliphatic carboxylic acids is 1. The Morgan fingerprint density at radius 1 is 1.53 bits per heavy atom. The van der Waals surface area contributed by atoms with Crippen molar-refractivity contribution >= 4 is 21.6 Å². The van der Waals surface area contributed by atoms with E-state index in [1.807, 2.05) is 13.0 Å². The number of hydrogen-bond acceptors (Lipinski definition) is 5. The van der Waals surface area contributed by atoms with Gasteiger partial charge in [-0.15, -0.1) is 0 Å². The molecule has 0 aromatic carbocycles. The van der Waals surface area contributed by atoms with E-state index >= 15 is 0 Å². The van der Waals surface area contributed by atoms with Crippen LogP contribution < -0.4 is 4.90 Å². The first-order valence-corrected chi connectivity index (χ1v) is 7.81. The van der Waals surface area contributed by atoms with Gasteiger partial charge in [0.2, 0.25) is 0 Å². The van der Waals surface area contributed by atoms with Crippen molar-refractivity contribution in [2.24, 2.45) is 0 Å². The van der Waals surface area contributed by atoms with E-state index in [0.29, 0.717) is 5.82 Å². The largest absolute Gasteiger partial charge is 0.481 e. The third kappa shape index (κ3) is 3.44. The fourth-order valence-corrected chi connectivity index (χ4v) is 3.71. The quantitative estimate of drug-likeness (QED) is 0.868. The minimum atomic E-state index is -3.16. The maximum atomic E-state index is 11.6. The molecule has 1 fully saturated rings. The first kappa shape index (κ1) is 13.8. The lowest BCUT2D eigenvalue weighted by atomic mass is 10.2. The van der Waals surface area contributed by atoms with Crippen molar-refractivity contribution in [2.45, 2.75) is 19.4 Å². The van der Waals surface area contributed by atoms with Crippen LogP contribution in [0.5, 0.6) is 0 Å². The normalized spacial score (nSPS) is 22.2. The molecule has 1 saturated heterocycles. The molecule has 0 radical (unpaired) electrons.